The largest absolute Gasteiger partial charge is 0.438 e. The summed E-state index contributed by atoms with van der Waals surface area (Å²) < 4.78 is 11.8. The molecule has 0 bridgehead atoms. The molecule has 2 atom stereocenters. The lowest BCUT2D eigenvalue weighted by molar-refractivity contribution is -0.0660. The Hall–Kier alpha value is -4.07. The molecular formula is C28H29N5O3. The van der Waals surface area contributed by atoms with Gasteiger partial charge < -0.3 is 14.1 Å². The average Bonchev–Trinajstić information content (AvgIpc) is 3.33. The van der Waals surface area contributed by atoms with Gasteiger partial charge in [-0.25, -0.2) is 4.79 Å². The lowest BCUT2D eigenvalue weighted by Gasteiger charge is -2.43. The van der Waals surface area contributed by atoms with Gasteiger partial charge in [-0.1, -0.05) is 54.6 Å². The average molecular weight is 484 g/mol. The number of aryl methyl sites for hydroxylation is 3. The third kappa shape index (κ3) is 4.84. The van der Waals surface area contributed by atoms with Gasteiger partial charge in [0.1, 0.15) is 5.60 Å². The van der Waals surface area contributed by atoms with Crippen molar-refractivity contribution in [3.05, 3.63) is 95.3 Å². The Morgan fingerprint density at radius 2 is 1.72 bits per heavy atom. The normalized spacial score (nSPS) is 18.6. The summed E-state index contributed by atoms with van der Waals surface area (Å²) in [6.45, 7) is 6.28. The molecular weight excluding hydrogens is 454 g/mol. The summed E-state index contributed by atoms with van der Waals surface area (Å²) in [4.78, 5) is 15.2. The summed E-state index contributed by atoms with van der Waals surface area (Å²) in [5.74, 6) is 1.08. The smallest absolute Gasteiger partial charge is 0.411 e. The minimum absolute atomic E-state index is 0.136. The highest BCUT2D eigenvalue weighted by Gasteiger charge is 2.43. The Morgan fingerprint density at radius 3 is 2.36 bits per heavy atom. The maximum absolute atomic E-state index is 13.4. The van der Waals surface area contributed by atoms with Crippen LogP contribution in [0, 0.1) is 13.8 Å². The summed E-state index contributed by atoms with van der Waals surface area (Å²) in [6.07, 6.45) is 1.44. The van der Waals surface area contributed by atoms with Crippen molar-refractivity contribution in [2.45, 2.75) is 51.7 Å². The van der Waals surface area contributed by atoms with Gasteiger partial charge in [-0.15, -0.1) is 10.2 Å². The van der Waals surface area contributed by atoms with Gasteiger partial charge in [0.25, 0.3) is 0 Å². The number of carbonyl (C=O) groups is 1. The second kappa shape index (κ2) is 9.89. The van der Waals surface area contributed by atoms with Crippen molar-refractivity contribution >= 4 is 6.09 Å². The fraction of sp³-hybridized carbons (Fsp3) is 0.321. The lowest BCUT2D eigenvalue weighted by Crippen LogP contribution is -2.49. The van der Waals surface area contributed by atoms with Crippen LogP contribution in [0.3, 0.4) is 0 Å². The van der Waals surface area contributed by atoms with Gasteiger partial charge in [0.05, 0.1) is 17.4 Å². The van der Waals surface area contributed by atoms with Crippen molar-refractivity contribution in [3.63, 3.8) is 0 Å². The number of hydrogen-bond acceptors (Lipinski definition) is 7. The van der Waals surface area contributed by atoms with Gasteiger partial charge in [0.2, 0.25) is 11.8 Å². The number of benzene rings is 2. The molecule has 0 spiro atoms. The van der Waals surface area contributed by atoms with Crippen molar-refractivity contribution in [1.82, 2.24) is 25.3 Å². The third-order valence-corrected chi connectivity index (χ3v) is 6.84. The van der Waals surface area contributed by atoms with Gasteiger partial charge in [-0.3, -0.25) is 0 Å². The highest BCUT2D eigenvalue weighted by molar-refractivity contribution is 5.70. The van der Waals surface area contributed by atoms with Gasteiger partial charge in [-0.05, 0) is 37.1 Å². The number of rotatable bonds is 7. The van der Waals surface area contributed by atoms with Crippen LogP contribution in [0.4, 0.5) is 4.79 Å². The van der Waals surface area contributed by atoms with Crippen molar-refractivity contribution in [3.8, 4) is 11.3 Å². The quantitative estimate of drug-likeness (QED) is 0.339. The molecule has 0 N–H and O–H groups in total. The van der Waals surface area contributed by atoms with E-state index >= 15 is 0 Å². The predicted octanol–water partition coefficient (Wildman–Crippen LogP) is 5.58. The van der Waals surface area contributed by atoms with Gasteiger partial charge in [0, 0.05) is 38.3 Å². The van der Waals surface area contributed by atoms with Crippen LogP contribution in [-0.4, -0.2) is 37.9 Å². The molecule has 8 nitrogen and oxygen atoms in total. The van der Waals surface area contributed by atoms with Crippen LogP contribution in [0.25, 0.3) is 11.3 Å². The van der Waals surface area contributed by atoms with E-state index in [1.165, 1.54) is 0 Å². The first kappa shape index (κ1) is 23.7. The van der Waals surface area contributed by atoms with E-state index in [1.54, 1.807) is 11.8 Å². The zero-order chi connectivity index (χ0) is 25.1. The number of nitrogens with zero attached hydrogens (tertiary/aromatic N) is 5. The van der Waals surface area contributed by atoms with E-state index in [1.807, 2.05) is 80.6 Å². The first-order chi connectivity index (χ1) is 17.4. The first-order valence-corrected chi connectivity index (χ1v) is 12.2. The molecule has 1 amide bonds. The summed E-state index contributed by atoms with van der Waals surface area (Å²) >= 11 is 0. The third-order valence-electron chi connectivity index (χ3n) is 6.84. The summed E-state index contributed by atoms with van der Waals surface area (Å²) in [5.41, 5.74) is 3.95. The van der Waals surface area contributed by atoms with Crippen LogP contribution in [0.5, 0.6) is 0 Å². The van der Waals surface area contributed by atoms with Crippen molar-refractivity contribution < 1.29 is 13.9 Å². The van der Waals surface area contributed by atoms with E-state index < -0.39 is 5.60 Å². The molecule has 2 aromatic carbocycles. The Balaban J connectivity index is 1.32. The van der Waals surface area contributed by atoms with Gasteiger partial charge in [-0.2, -0.15) is 10.2 Å². The fourth-order valence-electron chi connectivity index (χ4n) is 4.70. The minimum Gasteiger partial charge on any atom is -0.438 e. The molecule has 2 aromatic heterocycles. The van der Waals surface area contributed by atoms with Crippen molar-refractivity contribution in [2.24, 2.45) is 0 Å². The fourth-order valence-corrected chi connectivity index (χ4v) is 4.70. The number of carbonyl (C=O) groups excluding carboxylic acids is 1. The number of hydrogen-bond donors (Lipinski definition) is 0. The number of cyclic esters (lactones) is 1. The van der Waals surface area contributed by atoms with Crippen LogP contribution in [0.15, 0.2) is 71.1 Å². The lowest BCUT2D eigenvalue weighted by atomic mass is 9.84. The van der Waals surface area contributed by atoms with E-state index in [0.717, 1.165) is 28.1 Å². The Kier molecular flexibility index (Phi) is 6.50. The molecule has 184 valence electrons. The van der Waals surface area contributed by atoms with Crippen LogP contribution in [-0.2, 0) is 16.8 Å². The topological polar surface area (TPSA) is 94.2 Å². The number of aromatic nitrogens is 4. The van der Waals surface area contributed by atoms with E-state index in [4.69, 9.17) is 9.15 Å². The molecule has 0 unspecified atom stereocenters. The molecule has 0 saturated carbocycles. The molecule has 1 saturated heterocycles. The summed E-state index contributed by atoms with van der Waals surface area (Å²) in [6, 6.07) is 21.8. The summed E-state index contributed by atoms with van der Waals surface area (Å²) in [7, 11) is 0. The molecule has 3 heterocycles. The van der Waals surface area contributed by atoms with Gasteiger partial charge in [0.15, 0.2) is 0 Å². The van der Waals surface area contributed by atoms with E-state index in [2.05, 4.69) is 20.4 Å². The van der Waals surface area contributed by atoms with Gasteiger partial charge >= 0.3 is 6.09 Å². The SMILES string of the molecule is Cc1ccc(-c2ccc([C@H](C)N3CC[C@](CCc4nnc(C)o4)(c4ccccc4)OC3=O)cc2)nn1. The Bertz CT molecular complexity index is 1320. The highest BCUT2D eigenvalue weighted by Crippen LogP contribution is 2.40. The zero-order valence-corrected chi connectivity index (χ0v) is 20.7. The van der Waals surface area contributed by atoms with Crippen LogP contribution in [0.2, 0.25) is 0 Å². The predicted molar refractivity (Wildman–Crippen MR) is 134 cm³/mol. The molecule has 1 aliphatic heterocycles. The second-order valence-corrected chi connectivity index (χ2v) is 9.24. The molecule has 0 aliphatic carbocycles. The Morgan fingerprint density at radius 1 is 0.944 bits per heavy atom. The first-order valence-electron chi connectivity index (χ1n) is 12.2. The molecule has 0 radical (unpaired) electrons. The molecule has 8 heteroatoms. The monoisotopic (exact) mass is 483 g/mol. The number of ether oxygens (including phenoxy) is 1. The van der Waals surface area contributed by atoms with E-state index in [0.29, 0.717) is 37.6 Å². The van der Waals surface area contributed by atoms with Crippen LogP contribution in [0.1, 0.15) is 54.4 Å². The maximum atomic E-state index is 13.4. The van der Waals surface area contributed by atoms with Crippen LogP contribution < -0.4 is 0 Å². The zero-order valence-electron chi connectivity index (χ0n) is 20.7. The highest BCUT2D eigenvalue weighted by atomic mass is 16.6. The van der Waals surface area contributed by atoms with Crippen molar-refractivity contribution in [1.29, 1.82) is 0 Å². The van der Waals surface area contributed by atoms with Crippen molar-refractivity contribution in [2.75, 3.05) is 6.54 Å². The van der Waals surface area contributed by atoms with E-state index in [-0.39, 0.29) is 12.1 Å². The Labute approximate surface area is 210 Å². The minimum atomic E-state index is -0.745. The molecule has 4 aromatic rings. The maximum Gasteiger partial charge on any atom is 0.411 e. The summed E-state index contributed by atoms with van der Waals surface area (Å²) in [5, 5.41) is 16.4. The number of amides is 1. The second-order valence-electron chi connectivity index (χ2n) is 9.24. The standard InChI is InChI=1S/C28H29N5O3/c1-19-9-14-25(31-29-19)23-12-10-22(11-13-23)20(2)33-18-17-28(36-27(33)34,24-7-5-4-6-8-24)16-15-26-32-30-21(3)35-26/h4-14,20H,15-18H2,1-3H3/t20-,28+/m0/s1. The van der Waals surface area contributed by atoms with Crippen LogP contribution >= 0.6 is 0 Å². The van der Waals surface area contributed by atoms with E-state index in [9.17, 15) is 4.79 Å². The molecule has 36 heavy (non-hydrogen) atoms. The molecule has 5 rings (SSSR count). The molecule has 1 fully saturated rings. The molecule has 1 aliphatic rings.